The third kappa shape index (κ3) is 4.64. The molecule has 0 aliphatic heterocycles. The second-order valence-electron chi connectivity index (χ2n) is 13.2. The molecule has 7 aromatic carbocycles. The summed E-state index contributed by atoms with van der Waals surface area (Å²) in [4.78, 5) is 10.2. The number of benzene rings is 7. The van der Waals surface area contributed by atoms with Crippen molar-refractivity contribution in [3.05, 3.63) is 163 Å². The van der Waals surface area contributed by atoms with Crippen LogP contribution in [0.3, 0.4) is 0 Å². The fraction of sp³-hybridized carbons (Fsp3) is 0.0435. The van der Waals surface area contributed by atoms with E-state index in [0.717, 1.165) is 39.2 Å². The zero-order chi connectivity index (χ0) is 33.3. The Balaban J connectivity index is 1.07. The molecule has 0 saturated carbocycles. The van der Waals surface area contributed by atoms with E-state index in [2.05, 4.69) is 164 Å². The van der Waals surface area contributed by atoms with E-state index in [9.17, 15) is 0 Å². The highest BCUT2D eigenvalue weighted by Gasteiger charge is 2.16. The fourth-order valence-electron chi connectivity index (χ4n) is 7.63. The van der Waals surface area contributed by atoms with Crippen molar-refractivity contribution in [2.24, 2.45) is 0 Å². The molecule has 0 unspecified atom stereocenters. The molecule has 0 spiro atoms. The minimum absolute atomic E-state index is 0.729. The van der Waals surface area contributed by atoms with Crippen molar-refractivity contribution in [1.29, 1.82) is 0 Å². The molecule has 0 atom stereocenters. The summed E-state index contributed by atoms with van der Waals surface area (Å²) in [7, 11) is 0. The monoisotopic (exact) mass is 657 g/mol. The Morgan fingerprint density at radius 2 is 1.08 bits per heavy atom. The van der Waals surface area contributed by atoms with Gasteiger partial charge in [-0.2, -0.15) is 0 Å². The molecule has 0 saturated heterocycles. The Morgan fingerprint density at radius 1 is 0.440 bits per heavy atom. The predicted molar refractivity (Wildman–Crippen MR) is 213 cm³/mol. The van der Waals surface area contributed by atoms with Crippen LogP contribution in [0.4, 0.5) is 0 Å². The van der Waals surface area contributed by atoms with Crippen LogP contribution in [0.2, 0.25) is 0 Å². The van der Waals surface area contributed by atoms with Gasteiger partial charge in [-0.05, 0) is 97.8 Å². The van der Waals surface area contributed by atoms with Crippen molar-refractivity contribution >= 4 is 64.2 Å². The first-order valence-corrected chi connectivity index (χ1v) is 17.8. The molecule has 50 heavy (non-hydrogen) atoms. The highest BCUT2D eigenvalue weighted by molar-refractivity contribution is 7.25. The summed E-state index contributed by atoms with van der Waals surface area (Å²) >= 11 is 1.87. The zero-order valence-electron chi connectivity index (χ0n) is 27.7. The molecule has 4 heteroatoms. The van der Waals surface area contributed by atoms with Gasteiger partial charge in [0.15, 0.2) is 5.82 Å². The normalized spacial score (nSPS) is 11.8. The lowest BCUT2D eigenvalue weighted by Crippen LogP contribution is -1.97. The summed E-state index contributed by atoms with van der Waals surface area (Å²) < 4.78 is 5.02. The van der Waals surface area contributed by atoms with E-state index in [1.807, 2.05) is 17.4 Å². The zero-order valence-corrected chi connectivity index (χ0v) is 28.5. The van der Waals surface area contributed by atoms with Gasteiger partial charge in [-0.3, -0.25) is 0 Å². The minimum atomic E-state index is 0.729. The van der Waals surface area contributed by atoms with Crippen LogP contribution < -0.4 is 0 Å². The molecular formula is C46H31N3S. The van der Waals surface area contributed by atoms with Crippen LogP contribution in [0.25, 0.3) is 92.3 Å². The Bertz CT molecular complexity index is 2930. The van der Waals surface area contributed by atoms with E-state index < -0.39 is 0 Å². The van der Waals surface area contributed by atoms with Gasteiger partial charge in [0.25, 0.3) is 0 Å². The van der Waals surface area contributed by atoms with Gasteiger partial charge in [0, 0.05) is 53.1 Å². The van der Waals surface area contributed by atoms with E-state index >= 15 is 0 Å². The Kier molecular flexibility index (Phi) is 6.48. The highest BCUT2D eigenvalue weighted by Crippen LogP contribution is 2.39. The van der Waals surface area contributed by atoms with Gasteiger partial charge in [0.2, 0.25) is 0 Å². The maximum Gasteiger partial charge on any atom is 0.160 e. The van der Waals surface area contributed by atoms with Crippen LogP contribution in [0.1, 0.15) is 11.1 Å². The van der Waals surface area contributed by atoms with Crippen molar-refractivity contribution in [2.45, 2.75) is 13.8 Å². The maximum atomic E-state index is 5.17. The smallest absolute Gasteiger partial charge is 0.160 e. The van der Waals surface area contributed by atoms with Gasteiger partial charge >= 0.3 is 0 Å². The number of hydrogen-bond acceptors (Lipinski definition) is 3. The van der Waals surface area contributed by atoms with Crippen LogP contribution in [0.15, 0.2) is 152 Å². The standard InChI is InChI=1S/C46H31N3S/c1-28-23-29(2)25-33(24-28)45-38-11-3-6-12-40(38)47-46(48-45)30-15-19-34(20-16-30)49-41-13-7-4-9-35(41)39-26-31(18-22-42(39)49)32-17-21-37-36-10-5-8-14-43(36)50-44(37)27-32/h3-27H,1-2H3. The maximum absolute atomic E-state index is 5.17. The number of aromatic nitrogens is 3. The van der Waals surface area contributed by atoms with Gasteiger partial charge in [0.05, 0.1) is 22.2 Å². The number of fused-ring (bicyclic) bond motifs is 7. The lowest BCUT2D eigenvalue weighted by molar-refractivity contribution is 1.17. The second-order valence-corrected chi connectivity index (χ2v) is 14.3. The number of hydrogen-bond donors (Lipinski definition) is 0. The number of nitrogens with zero attached hydrogens (tertiary/aromatic N) is 3. The SMILES string of the molecule is Cc1cc(C)cc(-c2nc(-c3ccc(-n4c5ccccc5c5cc(-c6ccc7c(c6)sc6ccccc67)ccc54)cc3)nc3ccccc23)c1. The minimum Gasteiger partial charge on any atom is -0.309 e. The van der Waals surface area contributed by atoms with Crippen LogP contribution in [-0.4, -0.2) is 14.5 Å². The summed E-state index contributed by atoms with van der Waals surface area (Å²) in [5, 5.41) is 6.21. The van der Waals surface area contributed by atoms with Crippen LogP contribution >= 0.6 is 11.3 Å². The van der Waals surface area contributed by atoms with Crippen molar-refractivity contribution in [1.82, 2.24) is 14.5 Å². The third-order valence-electron chi connectivity index (χ3n) is 9.87. The topological polar surface area (TPSA) is 30.7 Å². The fourth-order valence-corrected chi connectivity index (χ4v) is 8.78. The Labute approximate surface area is 293 Å². The largest absolute Gasteiger partial charge is 0.309 e. The third-order valence-corrected chi connectivity index (χ3v) is 11.0. The first-order valence-electron chi connectivity index (χ1n) is 17.0. The molecule has 0 radical (unpaired) electrons. The number of aryl methyl sites for hydroxylation is 2. The van der Waals surface area contributed by atoms with Crippen molar-refractivity contribution in [3.63, 3.8) is 0 Å². The molecule has 3 nitrogen and oxygen atoms in total. The highest BCUT2D eigenvalue weighted by atomic mass is 32.1. The summed E-state index contributed by atoms with van der Waals surface area (Å²) in [6.07, 6.45) is 0. The van der Waals surface area contributed by atoms with Crippen molar-refractivity contribution < 1.29 is 0 Å². The van der Waals surface area contributed by atoms with Crippen molar-refractivity contribution in [3.8, 4) is 39.5 Å². The summed E-state index contributed by atoms with van der Waals surface area (Å²) in [6.45, 7) is 4.28. The van der Waals surface area contributed by atoms with Gasteiger partial charge in [-0.1, -0.05) is 90.0 Å². The molecule has 0 bridgehead atoms. The lowest BCUT2D eigenvalue weighted by atomic mass is 10.0. The molecule has 0 fully saturated rings. The second kappa shape index (κ2) is 11.2. The molecule has 0 amide bonds. The average molecular weight is 658 g/mol. The lowest BCUT2D eigenvalue weighted by Gasteiger charge is -2.12. The summed E-state index contributed by atoms with van der Waals surface area (Å²) in [6, 6.07) is 54.8. The first-order chi connectivity index (χ1) is 24.6. The van der Waals surface area contributed by atoms with Gasteiger partial charge in [-0.15, -0.1) is 11.3 Å². The quantitative estimate of drug-likeness (QED) is 0.189. The molecule has 0 aliphatic rings. The average Bonchev–Trinajstić information content (AvgIpc) is 3.69. The molecule has 0 N–H and O–H groups in total. The van der Waals surface area contributed by atoms with Gasteiger partial charge in [0.1, 0.15) is 0 Å². The number of rotatable bonds is 4. The van der Waals surface area contributed by atoms with E-state index in [0.29, 0.717) is 0 Å². The number of para-hydroxylation sites is 2. The predicted octanol–water partition coefficient (Wildman–Crippen LogP) is 12.7. The van der Waals surface area contributed by atoms with E-state index in [4.69, 9.17) is 9.97 Å². The molecule has 10 aromatic rings. The molecule has 236 valence electrons. The van der Waals surface area contributed by atoms with Crippen LogP contribution in [0, 0.1) is 13.8 Å². The first kappa shape index (κ1) is 28.9. The molecule has 0 aliphatic carbocycles. The molecule has 3 heterocycles. The van der Waals surface area contributed by atoms with E-state index in [1.165, 1.54) is 64.2 Å². The van der Waals surface area contributed by atoms with E-state index in [-0.39, 0.29) is 0 Å². The van der Waals surface area contributed by atoms with Crippen molar-refractivity contribution in [2.75, 3.05) is 0 Å². The van der Waals surface area contributed by atoms with Crippen LogP contribution in [-0.2, 0) is 0 Å². The van der Waals surface area contributed by atoms with E-state index in [1.54, 1.807) is 0 Å². The Morgan fingerprint density at radius 3 is 1.92 bits per heavy atom. The number of thiophene rings is 1. The molecule has 3 aromatic heterocycles. The van der Waals surface area contributed by atoms with Gasteiger partial charge < -0.3 is 4.57 Å². The summed E-state index contributed by atoms with van der Waals surface area (Å²) in [5.41, 5.74) is 12.4. The summed E-state index contributed by atoms with van der Waals surface area (Å²) in [5.74, 6) is 0.729. The van der Waals surface area contributed by atoms with Gasteiger partial charge in [-0.25, -0.2) is 9.97 Å². The molecular weight excluding hydrogens is 627 g/mol. The van der Waals surface area contributed by atoms with Crippen LogP contribution in [0.5, 0.6) is 0 Å². The Hall–Kier alpha value is -6.10. The molecule has 10 rings (SSSR count).